The van der Waals surface area contributed by atoms with Crippen molar-refractivity contribution >= 4 is 11.7 Å². The van der Waals surface area contributed by atoms with Gasteiger partial charge in [-0.2, -0.15) is 5.10 Å². The lowest BCUT2D eigenvalue weighted by Gasteiger charge is -2.01. The number of nitrogens with zero attached hydrogens (tertiary/aromatic N) is 1. The van der Waals surface area contributed by atoms with Gasteiger partial charge in [-0.25, -0.2) is 0 Å². The molecule has 5 nitrogen and oxygen atoms in total. The fraction of sp³-hybridized carbons (Fsp3) is 0.600. The molecule has 0 spiro atoms. The maximum absolute atomic E-state index is 11.4. The molecule has 0 aromatic carbocycles. The normalized spacial score (nSPS) is 15.3. The minimum atomic E-state index is -0.0314. The van der Waals surface area contributed by atoms with Crippen LogP contribution in [0.5, 0.6) is 0 Å². The van der Waals surface area contributed by atoms with E-state index in [1.54, 1.807) is 0 Å². The molecule has 3 N–H and O–H groups in total. The van der Waals surface area contributed by atoms with Gasteiger partial charge < -0.3 is 10.6 Å². The monoisotopic (exact) mass is 208 g/mol. The van der Waals surface area contributed by atoms with Gasteiger partial charge in [-0.05, 0) is 19.3 Å². The zero-order valence-corrected chi connectivity index (χ0v) is 8.84. The van der Waals surface area contributed by atoms with Crippen molar-refractivity contribution in [1.29, 1.82) is 0 Å². The van der Waals surface area contributed by atoms with E-state index in [2.05, 4.69) is 20.8 Å². The van der Waals surface area contributed by atoms with Crippen LogP contribution in [0.4, 0.5) is 5.82 Å². The Labute approximate surface area is 88.6 Å². The average Bonchev–Trinajstić information content (AvgIpc) is 2.96. The topological polar surface area (TPSA) is 69.8 Å². The molecule has 0 radical (unpaired) electrons. The number of amides is 1. The molecule has 0 atom stereocenters. The van der Waals surface area contributed by atoms with E-state index >= 15 is 0 Å². The number of aromatic amines is 1. The summed E-state index contributed by atoms with van der Waals surface area (Å²) in [4.78, 5) is 11.4. The number of nitrogens with one attached hydrogen (secondary N) is 3. The Kier molecular flexibility index (Phi) is 3.01. The molecule has 0 bridgehead atoms. The predicted molar refractivity (Wildman–Crippen MR) is 57.6 cm³/mol. The van der Waals surface area contributed by atoms with Crippen LogP contribution in [-0.4, -0.2) is 28.7 Å². The van der Waals surface area contributed by atoms with Crippen LogP contribution in [0.3, 0.4) is 0 Å². The van der Waals surface area contributed by atoms with Gasteiger partial charge in [-0.3, -0.25) is 9.89 Å². The van der Waals surface area contributed by atoms with Crippen molar-refractivity contribution in [2.24, 2.45) is 0 Å². The number of aromatic nitrogens is 2. The molecule has 2 rings (SSSR count). The highest BCUT2D eigenvalue weighted by atomic mass is 16.2. The smallest absolute Gasteiger partial charge is 0.239 e. The molecular formula is C10H16N4O. The number of carbonyl (C=O) groups is 1. The highest BCUT2D eigenvalue weighted by Gasteiger charge is 2.21. The number of anilines is 1. The van der Waals surface area contributed by atoms with Crippen molar-refractivity contribution in [3.05, 3.63) is 11.8 Å². The molecule has 1 amide bonds. The Morgan fingerprint density at radius 3 is 3.07 bits per heavy atom. The standard InChI is InChI=1S/C10H16N4O/c1-2-7-5-9(14-13-7)12-10(15)6-11-8-3-4-8/h5,8,11H,2-4,6H2,1H3,(H2,12,13,14,15). The van der Waals surface area contributed by atoms with E-state index in [4.69, 9.17) is 0 Å². The molecule has 1 heterocycles. The summed E-state index contributed by atoms with van der Waals surface area (Å²) in [5.74, 6) is 0.575. The highest BCUT2D eigenvalue weighted by Crippen LogP contribution is 2.18. The predicted octanol–water partition coefficient (Wildman–Crippen LogP) is 0.663. The lowest BCUT2D eigenvalue weighted by molar-refractivity contribution is -0.115. The van der Waals surface area contributed by atoms with Gasteiger partial charge in [0, 0.05) is 17.8 Å². The van der Waals surface area contributed by atoms with Crippen LogP contribution in [0.2, 0.25) is 0 Å². The van der Waals surface area contributed by atoms with Crippen molar-refractivity contribution in [3.8, 4) is 0 Å². The lowest BCUT2D eigenvalue weighted by atomic mass is 10.3. The van der Waals surface area contributed by atoms with E-state index in [1.807, 2.05) is 13.0 Å². The van der Waals surface area contributed by atoms with E-state index in [1.165, 1.54) is 12.8 Å². The number of hydrogen-bond acceptors (Lipinski definition) is 3. The Bertz CT molecular complexity index is 343. The second-order valence-corrected chi connectivity index (χ2v) is 3.84. The Morgan fingerprint density at radius 1 is 1.67 bits per heavy atom. The van der Waals surface area contributed by atoms with Gasteiger partial charge in [-0.15, -0.1) is 0 Å². The van der Waals surface area contributed by atoms with Crippen LogP contribution in [0.15, 0.2) is 6.07 Å². The Morgan fingerprint density at radius 2 is 2.47 bits per heavy atom. The van der Waals surface area contributed by atoms with Crippen LogP contribution >= 0.6 is 0 Å². The molecule has 1 aromatic rings. The maximum atomic E-state index is 11.4. The molecule has 15 heavy (non-hydrogen) atoms. The van der Waals surface area contributed by atoms with E-state index in [9.17, 15) is 4.79 Å². The first-order valence-corrected chi connectivity index (χ1v) is 5.35. The second-order valence-electron chi connectivity index (χ2n) is 3.84. The molecular weight excluding hydrogens is 192 g/mol. The second kappa shape index (κ2) is 4.44. The minimum Gasteiger partial charge on any atom is -0.308 e. The van der Waals surface area contributed by atoms with Gasteiger partial charge in [0.25, 0.3) is 0 Å². The lowest BCUT2D eigenvalue weighted by Crippen LogP contribution is -2.29. The largest absolute Gasteiger partial charge is 0.308 e. The van der Waals surface area contributed by atoms with Gasteiger partial charge >= 0.3 is 0 Å². The van der Waals surface area contributed by atoms with E-state index in [0.29, 0.717) is 18.4 Å². The van der Waals surface area contributed by atoms with Gasteiger partial charge in [-0.1, -0.05) is 6.92 Å². The average molecular weight is 208 g/mol. The van der Waals surface area contributed by atoms with Crippen molar-refractivity contribution in [2.75, 3.05) is 11.9 Å². The minimum absolute atomic E-state index is 0.0314. The van der Waals surface area contributed by atoms with E-state index < -0.39 is 0 Å². The van der Waals surface area contributed by atoms with Gasteiger partial charge in [0.2, 0.25) is 5.91 Å². The van der Waals surface area contributed by atoms with Crippen LogP contribution in [0.1, 0.15) is 25.5 Å². The third-order valence-corrected chi connectivity index (χ3v) is 2.41. The van der Waals surface area contributed by atoms with Crippen LogP contribution in [-0.2, 0) is 11.2 Å². The van der Waals surface area contributed by atoms with Crippen molar-refractivity contribution in [1.82, 2.24) is 15.5 Å². The van der Waals surface area contributed by atoms with Gasteiger partial charge in [0.15, 0.2) is 5.82 Å². The molecule has 0 saturated heterocycles. The molecule has 82 valence electrons. The number of hydrogen-bond donors (Lipinski definition) is 3. The SMILES string of the molecule is CCc1cc(NC(=O)CNC2CC2)n[nH]1. The summed E-state index contributed by atoms with van der Waals surface area (Å²) in [7, 11) is 0. The summed E-state index contributed by atoms with van der Waals surface area (Å²) in [5.41, 5.74) is 1.03. The molecule has 1 fully saturated rings. The van der Waals surface area contributed by atoms with Crippen molar-refractivity contribution in [2.45, 2.75) is 32.2 Å². The van der Waals surface area contributed by atoms with Gasteiger partial charge in [0.1, 0.15) is 0 Å². The molecule has 1 aromatic heterocycles. The summed E-state index contributed by atoms with van der Waals surface area (Å²) >= 11 is 0. The fourth-order valence-electron chi connectivity index (χ4n) is 1.32. The van der Waals surface area contributed by atoms with Crippen LogP contribution in [0.25, 0.3) is 0 Å². The van der Waals surface area contributed by atoms with E-state index in [-0.39, 0.29) is 5.91 Å². The summed E-state index contributed by atoms with van der Waals surface area (Å²) in [6.45, 7) is 2.41. The van der Waals surface area contributed by atoms with Crippen LogP contribution < -0.4 is 10.6 Å². The molecule has 1 aliphatic carbocycles. The number of aryl methyl sites for hydroxylation is 1. The van der Waals surface area contributed by atoms with Crippen molar-refractivity contribution < 1.29 is 4.79 Å². The molecule has 1 saturated carbocycles. The first-order valence-electron chi connectivity index (χ1n) is 5.35. The third kappa shape index (κ3) is 3.06. The molecule has 1 aliphatic rings. The number of H-pyrrole nitrogens is 1. The Hall–Kier alpha value is -1.36. The highest BCUT2D eigenvalue weighted by molar-refractivity contribution is 5.91. The number of carbonyl (C=O) groups excluding carboxylic acids is 1. The molecule has 0 aliphatic heterocycles. The van der Waals surface area contributed by atoms with E-state index in [0.717, 1.165) is 12.1 Å². The number of rotatable bonds is 5. The zero-order valence-electron chi connectivity index (χ0n) is 8.84. The summed E-state index contributed by atoms with van der Waals surface area (Å²) < 4.78 is 0. The zero-order chi connectivity index (χ0) is 10.7. The summed E-state index contributed by atoms with van der Waals surface area (Å²) in [6, 6.07) is 2.41. The maximum Gasteiger partial charge on any atom is 0.239 e. The summed E-state index contributed by atoms with van der Waals surface area (Å²) in [5, 5.41) is 12.7. The first kappa shape index (κ1) is 10.2. The quantitative estimate of drug-likeness (QED) is 0.666. The third-order valence-electron chi connectivity index (χ3n) is 2.41. The van der Waals surface area contributed by atoms with Crippen LogP contribution in [0, 0.1) is 0 Å². The molecule has 5 heteroatoms. The Balaban J connectivity index is 1.76. The fourth-order valence-corrected chi connectivity index (χ4v) is 1.32. The van der Waals surface area contributed by atoms with Gasteiger partial charge in [0.05, 0.1) is 6.54 Å². The molecule has 0 unspecified atom stereocenters. The first-order chi connectivity index (χ1) is 7.28. The summed E-state index contributed by atoms with van der Waals surface area (Å²) in [6.07, 6.45) is 3.27. The van der Waals surface area contributed by atoms with Crippen molar-refractivity contribution in [3.63, 3.8) is 0 Å².